The summed E-state index contributed by atoms with van der Waals surface area (Å²) in [4.78, 5) is 9.55. The molecule has 3 aromatic rings. The SMILES string of the molecule is OC(c1c2c(nc3ccccc13)CCN(Cc1ccccc1)C2)N1CCOCC1. The molecule has 0 bridgehead atoms. The summed E-state index contributed by atoms with van der Waals surface area (Å²) < 4.78 is 5.50. The summed E-state index contributed by atoms with van der Waals surface area (Å²) in [6, 6.07) is 18.8. The van der Waals surface area contributed by atoms with Crippen LogP contribution in [-0.2, 0) is 24.2 Å². The first kappa shape index (κ1) is 18.7. The lowest BCUT2D eigenvalue weighted by Gasteiger charge is -2.36. The van der Waals surface area contributed by atoms with Crippen LogP contribution in [0.2, 0.25) is 0 Å². The summed E-state index contributed by atoms with van der Waals surface area (Å²) in [6.45, 7) is 5.56. The molecule has 1 fully saturated rings. The zero-order valence-corrected chi connectivity index (χ0v) is 16.6. The average Bonchev–Trinajstić information content (AvgIpc) is 2.78. The second kappa shape index (κ2) is 8.20. The lowest BCUT2D eigenvalue weighted by atomic mass is 9.94. The van der Waals surface area contributed by atoms with E-state index in [2.05, 4.69) is 52.3 Å². The first-order valence-electron chi connectivity index (χ1n) is 10.5. The lowest BCUT2D eigenvalue weighted by Crippen LogP contribution is -2.40. The van der Waals surface area contributed by atoms with Gasteiger partial charge in [-0.15, -0.1) is 0 Å². The van der Waals surface area contributed by atoms with Gasteiger partial charge in [-0.1, -0.05) is 48.5 Å². The van der Waals surface area contributed by atoms with E-state index in [-0.39, 0.29) is 0 Å². The second-order valence-electron chi connectivity index (χ2n) is 7.94. The molecule has 1 saturated heterocycles. The van der Waals surface area contributed by atoms with Gasteiger partial charge in [-0.05, 0) is 17.2 Å². The highest BCUT2D eigenvalue weighted by atomic mass is 16.5. The van der Waals surface area contributed by atoms with E-state index in [0.29, 0.717) is 13.2 Å². The molecule has 1 atom stereocenters. The van der Waals surface area contributed by atoms with Gasteiger partial charge < -0.3 is 9.84 Å². The Morgan fingerprint density at radius 2 is 1.72 bits per heavy atom. The Morgan fingerprint density at radius 3 is 2.55 bits per heavy atom. The standard InChI is InChI=1S/C24H27N3O2/c28-24(27-12-14-29-15-13-27)23-19-8-4-5-9-21(19)25-22-10-11-26(17-20(22)23)16-18-6-2-1-3-7-18/h1-9,24,28H,10-17H2. The number of aliphatic hydroxyl groups excluding tert-OH is 1. The molecule has 2 aliphatic rings. The third-order valence-corrected chi connectivity index (χ3v) is 6.07. The Bertz CT molecular complexity index is 986. The summed E-state index contributed by atoms with van der Waals surface area (Å²) in [7, 11) is 0. The van der Waals surface area contributed by atoms with Crippen molar-refractivity contribution in [3.8, 4) is 0 Å². The highest BCUT2D eigenvalue weighted by Gasteiger charge is 2.29. The topological polar surface area (TPSA) is 48.8 Å². The van der Waals surface area contributed by atoms with Crippen LogP contribution in [0, 0.1) is 0 Å². The van der Waals surface area contributed by atoms with Crippen molar-refractivity contribution in [3.05, 3.63) is 77.0 Å². The molecule has 5 nitrogen and oxygen atoms in total. The van der Waals surface area contributed by atoms with Gasteiger partial charge in [-0.2, -0.15) is 0 Å². The largest absolute Gasteiger partial charge is 0.379 e. The number of morpholine rings is 1. The van der Waals surface area contributed by atoms with Gasteiger partial charge in [0.1, 0.15) is 6.23 Å². The smallest absolute Gasteiger partial charge is 0.134 e. The number of nitrogens with zero attached hydrogens (tertiary/aromatic N) is 3. The van der Waals surface area contributed by atoms with Gasteiger partial charge in [-0.3, -0.25) is 14.8 Å². The minimum Gasteiger partial charge on any atom is -0.379 e. The van der Waals surface area contributed by atoms with Crippen LogP contribution < -0.4 is 0 Å². The van der Waals surface area contributed by atoms with Crippen molar-refractivity contribution in [2.75, 3.05) is 32.8 Å². The molecule has 0 saturated carbocycles. The van der Waals surface area contributed by atoms with Crippen molar-refractivity contribution < 1.29 is 9.84 Å². The van der Waals surface area contributed by atoms with Crippen molar-refractivity contribution in [1.82, 2.24) is 14.8 Å². The number of rotatable bonds is 4. The number of hydrogen-bond donors (Lipinski definition) is 1. The molecule has 0 radical (unpaired) electrons. The zero-order valence-electron chi connectivity index (χ0n) is 16.6. The second-order valence-corrected chi connectivity index (χ2v) is 7.94. The van der Waals surface area contributed by atoms with Gasteiger partial charge in [0.2, 0.25) is 0 Å². The highest BCUT2D eigenvalue weighted by molar-refractivity contribution is 5.84. The Balaban J connectivity index is 1.53. The van der Waals surface area contributed by atoms with E-state index in [1.54, 1.807) is 0 Å². The Hall–Kier alpha value is -2.31. The third kappa shape index (κ3) is 3.79. The Kier molecular flexibility index (Phi) is 5.29. The average molecular weight is 389 g/mol. The molecular weight excluding hydrogens is 362 g/mol. The minimum absolute atomic E-state index is 0.628. The maximum absolute atomic E-state index is 11.4. The molecule has 3 heterocycles. The fraction of sp³-hybridized carbons (Fsp3) is 0.375. The van der Waals surface area contributed by atoms with Crippen LogP contribution in [0.4, 0.5) is 0 Å². The van der Waals surface area contributed by atoms with Crippen LogP contribution in [-0.4, -0.2) is 52.7 Å². The zero-order chi connectivity index (χ0) is 19.6. The predicted molar refractivity (Wildman–Crippen MR) is 113 cm³/mol. The van der Waals surface area contributed by atoms with Crippen molar-refractivity contribution in [2.45, 2.75) is 25.7 Å². The van der Waals surface area contributed by atoms with E-state index < -0.39 is 6.23 Å². The number of pyridine rings is 1. The number of para-hydroxylation sites is 1. The van der Waals surface area contributed by atoms with E-state index >= 15 is 0 Å². The van der Waals surface area contributed by atoms with E-state index in [1.807, 2.05) is 12.1 Å². The van der Waals surface area contributed by atoms with Crippen molar-refractivity contribution in [1.29, 1.82) is 0 Å². The third-order valence-electron chi connectivity index (χ3n) is 6.07. The normalized spacial score (nSPS) is 19.2. The Labute approximate surface area is 171 Å². The van der Waals surface area contributed by atoms with Crippen molar-refractivity contribution in [3.63, 3.8) is 0 Å². The maximum Gasteiger partial charge on any atom is 0.134 e. The van der Waals surface area contributed by atoms with Crippen molar-refractivity contribution in [2.24, 2.45) is 0 Å². The number of aliphatic hydroxyl groups is 1. The monoisotopic (exact) mass is 389 g/mol. The van der Waals surface area contributed by atoms with Crippen LogP contribution in [0.25, 0.3) is 10.9 Å². The summed E-state index contributed by atoms with van der Waals surface area (Å²) in [6.07, 6.45) is 0.285. The van der Waals surface area contributed by atoms with E-state index in [1.165, 1.54) is 11.1 Å². The number of benzene rings is 2. The molecule has 2 aromatic carbocycles. The molecule has 5 heteroatoms. The summed E-state index contributed by atoms with van der Waals surface area (Å²) in [5, 5.41) is 12.5. The van der Waals surface area contributed by atoms with Crippen LogP contribution in [0.5, 0.6) is 0 Å². The van der Waals surface area contributed by atoms with Gasteiger partial charge in [0.25, 0.3) is 0 Å². The van der Waals surface area contributed by atoms with Gasteiger partial charge in [0, 0.05) is 55.8 Å². The van der Waals surface area contributed by atoms with Crippen LogP contribution >= 0.6 is 0 Å². The Morgan fingerprint density at radius 1 is 0.966 bits per heavy atom. The molecule has 0 aliphatic carbocycles. The van der Waals surface area contributed by atoms with Gasteiger partial charge in [0.15, 0.2) is 0 Å². The summed E-state index contributed by atoms with van der Waals surface area (Å²) >= 11 is 0. The summed E-state index contributed by atoms with van der Waals surface area (Å²) in [5.74, 6) is 0. The molecule has 0 amide bonds. The molecule has 1 unspecified atom stereocenters. The van der Waals surface area contributed by atoms with Crippen LogP contribution in [0.15, 0.2) is 54.6 Å². The van der Waals surface area contributed by atoms with Gasteiger partial charge in [0.05, 0.1) is 18.7 Å². The van der Waals surface area contributed by atoms with E-state index in [4.69, 9.17) is 9.72 Å². The first-order chi connectivity index (χ1) is 14.3. The van der Waals surface area contributed by atoms with Gasteiger partial charge in [-0.25, -0.2) is 0 Å². The number of ether oxygens (including phenoxy) is 1. The summed E-state index contributed by atoms with van der Waals surface area (Å²) in [5.41, 5.74) is 5.66. The van der Waals surface area contributed by atoms with Crippen LogP contribution in [0.1, 0.15) is 28.6 Å². The highest BCUT2D eigenvalue weighted by Crippen LogP contribution is 2.34. The van der Waals surface area contributed by atoms with Crippen molar-refractivity contribution >= 4 is 10.9 Å². The molecule has 1 aromatic heterocycles. The van der Waals surface area contributed by atoms with Crippen LogP contribution in [0.3, 0.4) is 0 Å². The molecule has 29 heavy (non-hydrogen) atoms. The number of hydrogen-bond acceptors (Lipinski definition) is 5. The quantitative estimate of drug-likeness (QED) is 0.743. The molecular formula is C24H27N3O2. The maximum atomic E-state index is 11.4. The van der Waals surface area contributed by atoms with Gasteiger partial charge >= 0.3 is 0 Å². The number of aromatic nitrogens is 1. The fourth-order valence-corrected chi connectivity index (χ4v) is 4.56. The molecule has 0 spiro atoms. The predicted octanol–water partition coefficient (Wildman–Crippen LogP) is 3.12. The number of fused-ring (bicyclic) bond motifs is 2. The first-order valence-corrected chi connectivity index (χ1v) is 10.5. The molecule has 1 N–H and O–H groups in total. The molecule has 150 valence electrons. The minimum atomic E-state index is -0.628. The molecule has 5 rings (SSSR count). The van der Waals surface area contributed by atoms with E-state index in [0.717, 1.165) is 61.3 Å². The van der Waals surface area contributed by atoms with E-state index in [9.17, 15) is 5.11 Å². The molecule has 2 aliphatic heterocycles. The fourth-order valence-electron chi connectivity index (χ4n) is 4.56. The lowest BCUT2D eigenvalue weighted by molar-refractivity contribution is -0.0603.